The maximum Gasteiger partial charge on any atom is 0.416 e. The average Bonchev–Trinajstić information content (AvgIpc) is 3.49. The number of alkyl halides is 3. The van der Waals surface area contributed by atoms with Crippen LogP contribution in [0.15, 0.2) is 66.5 Å². The van der Waals surface area contributed by atoms with Crippen LogP contribution in [-0.2, 0) is 30.5 Å². The molecule has 39 heavy (non-hydrogen) atoms. The van der Waals surface area contributed by atoms with Crippen LogP contribution in [0.5, 0.6) is 5.75 Å². The summed E-state index contributed by atoms with van der Waals surface area (Å²) in [7, 11) is 0. The maximum absolute atomic E-state index is 13.0. The second kappa shape index (κ2) is 12.9. The van der Waals surface area contributed by atoms with Gasteiger partial charge in [-0.2, -0.15) is 13.2 Å². The standard InChI is InChI=1S/C25H20Cl2F3N5O2S2/c1-2-9-35-21(13-37-18-6-4-17(26)5-7-18)33-34-24(35)38-14-22(36)32-23-31-12-19(39-23)11-15-10-16(25(28,29)30)3-8-20(15)27/h2-8,10,12H,1,9,11,13-14H2,(H,31,32,36). The summed E-state index contributed by atoms with van der Waals surface area (Å²) in [5, 5.41) is 12.7. The molecule has 0 spiro atoms. The Labute approximate surface area is 240 Å². The monoisotopic (exact) mass is 613 g/mol. The molecule has 2 aromatic heterocycles. The quantitative estimate of drug-likeness (QED) is 0.143. The van der Waals surface area contributed by atoms with E-state index in [0.717, 1.165) is 23.5 Å². The van der Waals surface area contributed by atoms with E-state index in [9.17, 15) is 18.0 Å². The second-order valence-electron chi connectivity index (χ2n) is 7.99. The van der Waals surface area contributed by atoms with Crippen molar-refractivity contribution in [2.24, 2.45) is 0 Å². The van der Waals surface area contributed by atoms with Crippen molar-refractivity contribution >= 4 is 57.3 Å². The van der Waals surface area contributed by atoms with Gasteiger partial charge in [-0.05, 0) is 48.0 Å². The van der Waals surface area contributed by atoms with Gasteiger partial charge in [0.25, 0.3) is 0 Å². The molecule has 1 amide bonds. The molecule has 0 aliphatic carbocycles. The van der Waals surface area contributed by atoms with E-state index in [-0.39, 0.29) is 29.7 Å². The summed E-state index contributed by atoms with van der Waals surface area (Å²) in [5.41, 5.74) is -0.457. The predicted octanol–water partition coefficient (Wildman–Crippen LogP) is 7.15. The Bertz CT molecular complexity index is 1460. The zero-order valence-electron chi connectivity index (χ0n) is 20.0. The largest absolute Gasteiger partial charge is 0.486 e. The molecule has 14 heteroatoms. The van der Waals surface area contributed by atoms with Gasteiger partial charge < -0.3 is 10.1 Å². The summed E-state index contributed by atoms with van der Waals surface area (Å²) < 4.78 is 46.7. The number of amides is 1. The molecule has 4 rings (SSSR count). The van der Waals surface area contributed by atoms with E-state index in [4.69, 9.17) is 27.9 Å². The minimum Gasteiger partial charge on any atom is -0.486 e. The summed E-state index contributed by atoms with van der Waals surface area (Å²) in [5.74, 6) is 0.886. The lowest BCUT2D eigenvalue weighted by Crippen LogP contribution is -2.14. The molecule has 0 fully saturated rings. The number of hydrogen-bond acceptors (Lipinski definition) is 7. The highest BCUT2D eigenvalue weighted by Gasteiger charge is 2.31. The minimum atomic E-state index is -4.47. The molecule has 0 saturated carbocycles. The molecular formula is C25H20Cl2F3N5O2S2. The first-order chi connectivity index (χ1) is 18.6. The topological polar surface area (TPSA) is 81.9 Å². The van der Waals surface area contributed by atoms with E-state index in [1.165, 1.54) is 24.0 Å². The Balaban J connectivity index is 1.33. The van der Waals surface area contributed by atoms with E-state index < -0.39 is 11.7 Å². The lowest BCUT2D eigenvalue weighted by molar-refractivity contribution is -0.137. The molecule has 204 valence electrons. The smallest absolute Gasteiger partial charge is 0.416 e. The van der Waals surface area contributed by atoms with E-state index in [0.29, 0.717) is 43.9 Å². The van der Waals surface area contributed by atoms with Crippen molar-refractivity contribution in [3.05, 3.63) is 93.2 Å². The molecule has 0 aliphatic heterocycles. The van der Waals surface area contributed by atoms with Gasteiger partial charge in [-0.25, -0.2) is 4.98 Å². The Hall–Kier alpha value is -3.06. The number of nitrogens with one attached hydrogen (secondary N) is 1. The number of carbonyl (C=O) groups excluding carboxylic acids is 1. The zero-order chi connectivity index (χ0) is 28.0. The Kier molecular flexibility index (Phi) is 9.54. The van der Waals surface area contributed by atoms with Gasteiger partial charge in [-0.3, -0.25) is 9.36 Å². The summed E-state index contributed by atoms with van der Waals surface area (Å²) in [6, 6.07) is 10.1. The van der Waals surface area contributed by atoms with E-state index in [2.05, 4.69) is 27.1 Å². The number of benzene rings is 2. The van der Waals surface area contributed by atoms with E-state index in [1.54, 1.807) is 34.9 Å². The molecule has 0 radical (unpaired) electrons. The number of anilines is 1. The lowest BCUT2D eigenvalue weighted by atomic mass is 10.1. The van der Waals surface area contributed by atoms with Crippen LogP contribution >= 0.6 is 46.3 Å². The third kappa shape index (κ3) is 7.98. The molecule has 0 bridgehead atoms. The number of thiazole rings is 1. The van der Waals surface area contributed by atoms with Crippen molar-refractivity contribution in [3.8, 4) is 5.75 Å². The molecule has 7 nitrogen and oxygen atoms in total. The van der Waals surface area contributed by atoms with Gasteiger partial charge in [0.1, 0.15) is 12.4 Å². The number of carbonyl (C=O) groups is 1. The first-order valence-corrected chi connectivity index (χ1v) is 13.8. The number of ether oxygens (including phenoxy) is 1. The highest BCUT2D eigenvalue weighted by atomic mass is 35.5. The number of nitrogens with zero attached hydrogens (tertiary/aromatic N) is 4. The molecule has 0 saturated heterocycles. The number of thioether (sulfide) groups is 1. The SMILES string of the molecule is C=CCn1c(COc2ccc(Cl)cc2)nnc1SCC(=O)Nc1ncc(Cc2cc(C(F)(F)F)ccc2Cl)s1. The Morgan fingerprint density at radius 3 is 2.67 bits per heavy atom. The van der Waals surface area contributed by atoms with Crippen molar-refractivity contribution in [2.75, 3.05) is 11.1 Å². The van der Waals surface area contributed by atoms with Gasteiger partial charge in [0.15, 0.2) is 16.1 Å². The molecule has 2 heterocycles. The van der Waals surface area contributed by atoms with Crippen LogP contribution in [0.4, 0.5) is 18.3 Å². The molecule has 4 aromatic rings. The van der Waals surface area contributed by atoms with Gasteiger partial charge in [0.2, 0.25) is 5.91 Å². The molecule has 2 aromatic carbocycles. The molecule has 1 N–H and O–H groups in total. The first-order valence-electron chi connectivity index (χ1n) is 11.3. The van der Waals surface area contributed by atoms with Crippen LogP contribution < -0.4 is 10.1 Å². The maximum atomic E-state index is 13.0. The Morgan fingerprint density at radius 2 is 1.95 bits per heavy atom. The first kappa shape index (κ1) is 28.9. The van der Waals surface area contributed by atoms with Gasteiger partial charge in [-0.15, -0.1) is 28.1 Å². The Morgan fingerprint density at radius 1 is 1.18 bits per heavy atom. The van der Waals surface area contributed by atoms with Gasteiger partial charge in [0, 0.05) is 34.1 Å². The van der Waals surface area contributed by atoms with Gasteiger partial charge >= 0.3 is 6.18 Å². The summed E-state index contributed by atoms with van der Waals surface area (Å²) in [4.78, 5) is 17.4. The second-order valence-corrected chi connectivity index (χ2v) is 10.9. The van der Waals surface area contributed by atoms with Crippen LogP contribution in [0.1, 0.15) is 21.8 Å². The predicted molar refractivity (Wildman–Crippen MR) is 147 cm³/mol. The molecule has 0 unspecified atom stereocenters. The van der Waals surface area contributed by atoms with Crippen LogP contribution in [0.2, 0.25) is 10.0 Å². The van der Waals surface area contributed by atoms with Crippen LogP contribution in [0, 0.1) is 0 Å². The van der Waals surface area contributed by atoms with Gasteiger partial charge in [0.05, 0.1) is 11.3 Å². The van der Waals surface area contributed by atoms with Crippen LogP contribution in [0.25, 0.3) is 0 Å². The summed E-state index contributed by atoms with van der Waals surface area (Å²) in [6.07, 6.45) is -1.13. The number of aromatic nitrogens is 4. The third-order valence-corrected chi connectivity index (χ3v) is 7.66. The van der Waals surface area contributed by atoms with E-state index in [1.807, 2.05) is 0 Å². The number of halogens is 5. The average molecular weight is 615 g/mol. The van der Waals surface area contributed by atoms with Gasteiger partial charge in [-0.1, -0.05) is 41.0 Å². The number of rotatable bonds is 11. The zero-order valence-corrected chi connectivity index (χ0v) is 23.2. The fourth-order valence-corrected chi connectivity index (χ4v) is 5.26. The highest BCUT2D eigenvalue weighted by Crippen LogP contribution is 2.33. The summed E-state index contributed by atoms with van der Waals surface area (Å²) >= 11 is 14.3. The lowest BCUT2D eigenvalue weighted by Gasteiger charge is -2.09. The fraction of sp³-hybridized carbons (Fsp3) is 0.200. The van der Waals surface area contributed by atoms with E-state index >= 15 is 0 Å². The molecular weight excluding hydrogens is 594 g/mol. The third-order valence-electron chi connectivity index (χ3n) is 5.16. The van der Waals surface area contributed by atoms with Crippen LogP contribution in [0.3, 0.4) is 0 Å². The van der Waals surface area contributed by atoms with Crippen molar-refractivity contribution in [2.45, 2.75) is 30.9 Å². The van der Waals surface area contributed by atoms with Crippen LogP contribution in [-0.4, -0.2) is 31.4 Å². The number of hydrogen-bond donors (Lipinski definition) is 1. The van der Waals surface area contributed by atoms with Crippen molar-refractivity contribution in [1.29, 1.82) is 0 Å². The van der Waals surface area contributed by atoms with Crippen molar-refractivity contribution in [1.82, 2.24) is 19.7 Å². The van der Waals surface area contributed by atoms with Crippen molar-refractivity contribution in [3.63, 3.8) is 0 Å². The molecule has 0 aliphatic rings. The minimum absolute atomic E-state index is 0.0295. The molecule has 0 atom stereocenters. The normalized spacial score (nSPS) is 11.4. The van der Waals surface area contributed by atoms with Crippen molar-refractivity contribution < 1.29 is 22.7 Å². The highest BCUT2D eigenvalue weighted by molar-refractivity contribution is 7.99. The number of allylic oxidation sites excluding steroid dienone is 1. The fourth-order valence-electron chi connectivity index (χ4n) is 3.33. The summed E-state index contributed by atoms with van der Waals surface area (Å²) in [6.45, 7) is 4.34.